The molecule has 0 bridgehead atoms. The maximum Gasteiger partial charge on any atom is 0.264 e. The summed E-state index contributed by atoms with van der Waals surface area (Å²) < 4.78 is 33.4. The number of anilines is 3. The molecule has 0 unspecified atom stereocenters. The molecule has 1 N–H and O–H groups in total. The van der Waals surface area contributed by atoms with Gasteiger partial charge >= 0.3 is 0 Å². The van der Waals surface area contributed by atoms with Crippen LogP contribution in [0.25, 0.3) is 0 Å². The molecule has 1 fully saturated rings. The normalized spacial score (nSPS) is 13.5. The fraction of sp³-hybridized carbons (Fsp3) is 0.231. The van der Waals surface area contributed by atoms with E-state index in [1.165, 1.54) is 12.1 Å². The highest BCUT2D eigenvalue weighted by Crippen LogP contribution is 2.27. The van der Waals surface area contributed by atoms with E-state index in [0.717, 1.165) is 16.4 Å². The molecule has 0 spiro atoms. The molecule has 0 saturated carbocycles. The van der Waals surface area contributed by atoms with Gasteiger partial charge in [0.15, 0.2) is 0 Å². The lowest BCUT2D eigenvalue weighted by molar-refractivity contribution is -0.117. The quantitative estimate of drug-likeness (QED) is 0.485. The van der Waals surface area contributed by atoms with Crippen LogP contribution in [-0.4, -0.2) is 39.9 Å². The summed E-state index contributed by atoms with van der Waals surface area (Å²) in [6.45, 7) is 2.61. The van der Waals surface area contributed by atoms with Crippen molar-refractivity contribution in [3.05, 3.63) is 78.9 Å². The second-order valence-corrected chi connectivity index (χ2v) is 9.86. The molecule has 3 aromatic carbocycles. The first-order chi connectivity index (χ1) is 16.9. The first-order valence-corrected chi connectivity index (χ1v) is 12.8. The SMILES string of the molecule is CCOc1ccc(N(CC(=O)Nc2ccc(N3CCCC3=O)cc2)S(=O)(=O)c2ccccc2)cc1. The summed E-state index contributed by atoms with van der Waals surface area (Å²) in [5.74, 6) is 0.191. The Labute approximate surface area is 205 Å². The predicted molar refractivity (Wildman–Crippen MR) is 135 cm³/mol. The Morgan fingerprint density at radius 2 is 1.69 bits per heavy atom. The van der Waals surface area contributed by atoms with Crippen LogP contribution >= 0.6 is 0 Å². The lowest BCUT2D eigenvalue weighted by Gasteiger charge is -2.24. The van der Waals surface area contributed by atoms with Gasteiger partial charge in [-0.1, -0.05) is 18.2 Å². The molecule has 9 heteroatoms. The largest absolute Gasteiger partial charge is 0.494 e. The monoisotopic (exact) mass is 493 g/mol. The minimum atomic E-state index is -4.00. The summed E-state index contributed by atoms with van der Waals surface area (Å²) in [4.78, 5) is 26.7. The third-order valence-electron chi connectivity index (χ3n) is 5.59. The number of benzene rings is 3. The molecular weight excluding hydrogens is 466 g/mol. The highest BCUT2D eigenvalue weighted by molar-refractivity contribution is 7.92. The summed E-state index contributed by atoms with van der Waals surface area (Å²) in [5.41, 5.74) is 1.62. The number of nitrogens with one attached hydrogen (secondary N) is 1. The molecule has 0 aromatic heterocycles. The van der Waals surface area contributed by atoms with E-state index in [1.54, 1.807) is 71.6 Å². The van der Waals surface area contributed by atoms with Crippen LogP contribution in [0.15, 0.2) is 83.8 Å². The van der Waals surface area contributed by atoms with Crippen LogP contribution in [-0.2, 0) is 19.6 Å². The summed E-state index contributed by atoms with van der Waals surface area (Å²) >= 11 is 0. The number of rotatable bonds is 9. The van der Waals surface area contributed by atoms with Crippen molar-refractivity contribution >= 4 is 38.9 Å². The molecule has 1 heterocycles. The zero-order valence-electron chi connectivity index (χ0n) is 19.4. The van der Waals surface area contributed by atoms with Crippen LogP contribution < -0.4 is 19.3 Å². The molecular formula is C26H27N3O5S. The number of hydrogen-bond donors (Lipinski definition) is 1. The fourth-order valence-electron chi connectivity index (χ4n) is 3.89. The summed E-state index contributed by atoms with van der Waals surface area (Å²) in [7, 11) is -4.00. The molecule has 8 nitrogen and oxygen atoms in total. The molecule has 4 rings (SSSR count). The van der Waals surface area contributed by atoms with Gasteiger partial charge in [-0.25, -0.2) is 8.42 Å². The van der Waals surface area contributed by atoms with Gasteiger partial charge in [-0.3, -0.25) is 13.9 Å². The van der Waals surface area contributed by atoms with Crippen LogP contribution in [0, 0.1) is 0 Å². The molecule has 1 aliphatic heterocycles. The number of carbonyl (C=O) groups excluding carboxylic acids is 2. The van der Waals surface area contributed by atoms with Crippen molar-refractivity contribution in [1.29, 1.82) is 0 Å². The van der Waals surface area contributed by atoms with E-state index in [2.05, 4.69) is 5.32 Å². The van der Waals surface area contributed by atoms with E-state index in [9.17, 15) is 18.0 Å². The van der Waals surface area contributed by atoms with E-state index in [-0.39, 0.29) is 10.8 Å². The second kappa shape index (κ2) is 10.6. The van der Waals surface area contributed by atoms with Gasteiger partial charge in [-0.05, 0) is 74.0 Å². The van der Waals surface area contributed by atoms with Crippen molar-refractivity contribution in [3.63, 3.8) is 0 Å². The maximum absolute atomic E-state index is 13.4. The van der Waals surface area contributed by atoms with E-state index >= 15 is 0 Å². The van der Waals surface area contributed by atoms with Gasteiger partial charge in [0.1, 0.15) is 12.3 Å². The fourth-order valence-corrected chi connectivity index (χ4v) is 5.33. The second-order valence-electron chi connectivity index (χ2n) is 8.00. The Morgan fingerprint density at radius 3 is 2.29 bits per heavy atom. The Bertz CT molecular complexity index is 1280. The van der Waals surface area contributed by atoms with Crippen molar-refractivity contribution < 1.29 is 22.7 Å². The van der Waals surface area contributed by atoms with Gasteiger partial charge in [0.2, 0.25) is 11.8 Å². The van der Waals surface area contributed by atoms with Crippen LogP contribution in [0.1, 0.15) is 19.8 Å². The molecule has 35 heavy (non-hydrogen) atoms. The summed E-state index contributed by atoms with van der Waals surface area (Å²) in [5, 5.41) is 2.75. The molecule has 182 valence electrons. The van der Waals surface area contributed by atoms with Crippen molar-refractivity contribution in [1.82, 2.24) is 0 Å². The smallest absolute Gasteiger partial charge is 0.264 e. The van der Waals surface area contributed by atoms with E-state index in [0.29, 0.717) is 36.7 Å². The maximum atomic E-state index is 13.4. The third-order valence-corrected chi connectivity index (χ3v) is 7.38. The Balaban J connectivity index is 1.54. The first kappa shape index (κ1) is 24.3. The van der Waals surface area contributed by atoms with Crippen LogP contribution in [0.3, 0.4) is 0 Å². The van der Waals surface area contributed by atoms with Crippen molar-refractivity contribution in [2.75, 3.05) is 34.2 Å². The zero-order valence-corrected chi connectivity index (χ0v) is 20.2. The standard InChI is InChI=1S/C26H27N3O5S/c1-2-34-23-16-14-22(15-17-23)29(35(32,33)24-7-4-3-5-8-24)19-25(30)27-20-10-12-21(13-11-20)28-18-6-9-26(28)31/h3-5,7-8,10-17H,2,6,9,18-19H2,1H3,(H,27,30). The number of carbonyl (C=O) groups is 2. The first-order valence-electron chi connectivity index (χ1n) is 11.4. The number of hydrogen-bond acceptors (Lipinski definition) is 5. The molecule has 3 aromatic rings. The molecule has 1 aliphatic rings. The molecule has 2 amide bonds. The van der Waals surface area contributed by atoms with E-state index in [1.807, 2.05) is 6.92 Å². The zero-order chi connectivity index (χ0) is 24.8. The van der Waals surface area contributed by atoms with Crippen LogP contribution in [0.4, 0.5) is 17.1 Å². The average molecular weight is 494 g/mol. The lowest BCUT2D eigenvalue weighted by atomic mass is 10.2. The highest BCUT2D eigenvalue weighted by Gasteiger charge is 2.27. The van der Waals surface area contributed by atoms with Gasteiger partial charge < -0.3 is 15.0 Å². The Morgan fingerprint density at radius 1 is 1.00 bits per heavy atom. The van der Waals surface area contributed by atoms with Gasteiger partial charge in [-0.15, -0.1) is 0 Å². The van der Waals surface area contributed by atoms with Crippen LogP contribution in [0.5, 0.6) is 5.75 Å². The molecule has 1 saturated heterocycles. The Hall–Kier alpha value is -3.85. The van der Waals surface area contributed by atoms with Gasteiger partial charge in [0, 0.05) is 24.3 Å². The van der Waals surface area contributed by atoms with Gasteiger partial charge in [0.25, 0.3) is 10.0 Å². The topological polar surface area (TPSA) is 96.0 Å². The molecule has 0 aliphatic carbocycles. The summed E-state index contributed by atoms with van der Waals surface area (Å²) in [6.07, 6.45) is 1.37. The minimum absolute atomic E-state index is 0.0823. The summed E-state index contributed by atoms with van der Waals surface area (Å²) in [6, 6.07) is 21.5. The average Bonchev–Trinajstić information content (AvgIpc) is 3.30. The van der Waals surface area contributed by atoms with Gasteiger partial charge in [0.05, 0.1) is 17.2 Å². The minimum Gasteiger partial charge on any atom is -0.494 e. The lowest BCUT2D eigenvalue weighted by Crippen LogP contribution is -2.38. The van der Waals surface area contributed by atoms with Crippen LogP contribution in [0.2, 0.25) is 0 Å². The number of nitrogens with zero attached hydrogens (tertiary/aromatic N) is 2. The molecule has 0 atom stereocenters. The third kappa shape index (κ3) is 5.63. The number of ether oxygens (including phenoxy) is 1. The van der Waals surface area contributed by atoms with Crippen molar-refractivity contribution in [2.24, 2.45) is 0 Å². The van der Waals surface area contributed by atoms with Gasteiger partial charge in [-0.2, -0.15) is 0 Å². The Kier molecular flexibility index (Phi) is 7.36. The van der Waals surface area contributed by atoms with Crippen molar-refractivity contribution in [2.45, 2.75) is 24.7 Å². The number of amides is 2. The van der Waals surface area contributed by atoms with E-state index in [4.69, 9.17) is 4.74 Å². The number of sulfonamides is 1. The van der Waals surface area contributed by atoms with Crippen molar-refractivity contribution in [3.8, 4) is 5.75 Å². The predicted octanol–water partition coefficient (Wildman–Crippen LogP) is 4.05. The highest BCUT2D eigenvalue weighted by atomic mass is 32.2. The van der Waals surface area contributed by atoms with E-state index < -0.39 is 22.5 Å². The molecule has 0 radical (unpaired) electrons.